The van der Waals surface area contributed by atoms with Gasteiger partial charge in [-0.1, -0.05) is 0 Å². The quantitative estimate of drug-likeness (QED) is 0.787. The van der Waals surface area contributed by atoms with Gasteiger partial charge in [0, 0.05) is 10.0 Å². The van der Waals surface area contributed by atoms with Crippen molar-refractivity contribution in [2.75, 3.05) is 0 Å². The summed E-state index contributed by atoms with van der Waals surface area (Å²) < 4.78 is 39.7. The van der Waals surface area contributed by atoms with E-state index in [1.807, 2.05) is 0 Å². The van der Waals surface area contributed by atoms with Crippen LogP contribution in [0.5, 0.6) is 5.75 Å². The number of hydrogen-bond acceptors (Lipinski definition) is 3. The van der Waals surface area contributed by atoms with E-state index in [2.05, 4.69) is 20.7 Å². The molecule has 0 N–H and O–H groups in total. The van der Waals surface area contributed by atoms with E-state index in [-0.39, 0.29) is 15.6 Å². The summed E-state index contributed by atoms with van der Waals surface area (Å²) in [7, 11) is 0. The number of benzene rings is 1. The van der Waals surface area contributed by atoms with Gasteiger partial charge in [0.2, 0.25) is 0 Å². The highest BCUT2D eigenvalue weighted by Crippen LogP contribution is 2.30. The number of ether oxygens (including phenoxy) is 1. The zero-order chi connectivity index (χ0) is 13.2. The molecule has 0 fully saturated rings. The highest BCUT2D eigenvalue weighted by Gasteiger charge is 2.31. The Balaban J connectivity index is 3.29. The number of Topliss-reactive ketones (excluding diaryl/α,β-unsaturated/α-hetero) is 1. The minimum Gasteiger partial charge on any atom is -0.406 e. The van der Waals surface area contributed by atoms with E-state index in [0.29, 0.717) is 0 Å². The molecule has 0 aliphatic heterocycles. The molecule has 0 saturated carbocycles. The second-order valence-electron chi connectivity index (χ2n) is 3.04. The molecule has 7 heteroatoms. The molecule has 17 heavy (non-hydrogen) atoms. The van der Waals surface area contributed by atoms with Crippen molar-refractivity contribution >= 4 is 21.7 Å². The van der Waals surface area contributed by atoms with E-state index in [1.54, 1.807) is 6.07 Å². The fourth-order valence-corrected chi connectivity index (χ4v) is 1.94. The van der Waals surface area contributed by atoms with Crippen LogP contribution < -0.4 is 4.74 Å². The summed E-state index contributed by atoms with van der Waals surface area (Å²) in [6.45, 7) is 1.21. The Bertz CT molecular complexity index is 505. The second kappa shape index (κ2) is 4.75. The van der Waals surface area contributed by atoms with Gasteiger partial charge in [-0.3, -0.25) is 4.79 Å². The summed E-state index contributed by atoms with van der Waals surface area (Å²) in [5.41, 5.74) is -0.145. The molecule has 0 atom stereocenters. The number of ketones is 1. The van der Waals surface area contributed by atoms with Gasteiger partial charge in [0.1, 0.15) is 11.8 Å². The molecule has 1 aromatic carbocycles. The first kappa shape index (κ1) is 13.5. The lowest BCUT2D eigenvalue weighted by Crippen LogP contribution is -2.17. The second-order valence-corrected chi connectivity index (χ2v) is 3.90. The molecule has 0 bridgehead atoms. The first-order valence-electron chi connectivity index (χ1n) is 4.25. The molecule has 0 saturated heterocycles. The number of nitrogens with zero attached hydrogens (tertiary/aromatic N) is 1. The van der Waals surface area contributed by atoms with Crippen molar-refractivity contribution in [1.29, 1.82) is 5.26 Å². The number of hydrogen-bond donors (Lipinski definition) is 0. The molecule has 0 radical (unpaired) electrons. The van der Waals surface area contributed by atoms with E-state index in [0.717, 1.165) is 12.1 Å². The lowest BCUT2D eigenvalue weighted by Gasteiger charge is -2.11. The average Bonchev–Trinajstić information content (AvgIpc) is 2.12. The summed E-state index contributed by atoms with van der Waals surface area (Å²) in [6, 6.07) is 3.51. The van der Waals surface area contributed by atoms with Crippen LogP contribution >= 0.6 is 15.9 Å². The number of alkyl halides is 3. The third-order valence-corrected chi connectivity index (χ3v) is 2.40. The van der Waals surface area contributed by atoms with Crippen LogP contribution in [0.3, 0.4) is 0 Å². The summed E-state index contributed by atoms with van der Waals surface area (Å²) in [4.78, 5) is 11.2. The lowest BCUT2D eigenvalue weighted by molar-refractivity contribution is -0.274. The van der Waals surface area contributed by atoms with Crippen LogP contribution in [0.4, 0.5) is 13.2 Å². The monoisotopic (exact) mass is 307 g/mol. The SMILES string of the molecule is CC(=O)c1c(Br)cc(OC(F)(F)F)cc1C#N. The fraction of sp³-hybridized carbons (Fsp3) is 0.200. The minimum atomic E-state index is -4.84. The normalized spacial score (nSPS) is 10.8. The molecule has 3 nitrogen and oxygen atoms in total. The molecule has 1 aromatic rings. The van der Waals surface area contributed by atoms with Crippen molar-refractivity contribution in [3.63, 3.8) is 0 Å². The van der Waals surface area contributed by atoms with E-state index in [1.165, 1.54) is 6.92 Å². The van der Waals surface area contributed by atoms with Gasteiger partial charge in [-0.05, 0) is 35.0 Å². The predicted octanol–water partition coefficient (Wildman–Crippen LogP) is 3.42. The number of carbonyl (C=O) groups excluding carboxylic acids is 1. The van der Waals surface area contributed by atoms with Crippen LogP contribution in [0.1, 0.15) is 22.8 Å². The molecule has 0 spiro atoms. The van der Waals surface area contributed by atoms with Crippen molar-refractivity contribution in [2.24, 2.45) is 0 Å². The Hall–Kier alpha value is -1.55. The first-order valence-corrected chi connectivity index (χ1v) is 5.04. The molecule has 0 aliphatic carbocycles. The number of halogens is 4. The molecular weight excluding hydrogens is 303 g/mol. The molecule has 90 valence electrons. The average molecular weight is 308 g/mol. The van der Waals surface area contributed by atoms with E-state index in [9.17, 15) is 18.0 Å². The largest absolute Gasteiger partial charge is 0.573 e. The van der Waals surface area contributed by atoms with Crippen molar-refractivity contribution in [2.45, 2.75) is 13.3 Å². The molecule has 0 heterocycles. The molecule has 0 amide bonds. The maximum absolute atomic E-state index is 12.0. The van der Waals surface area contributed by atoms with Crippen LogP contribution in [-0.2, 0) is 0 Å². The smallest absolute Gasteiger partial charge is 0.406 e. The first-order chi connectivity index (χ1) is 7.74. The Morgan fingerprint density at radius 2 is 2.06 bits per heavy atom. The fourth-order valence-electron chi connectivity index (χ4n) is 1.22. The maximum atomic E-state index is 12.0. The van der Waals surface area contributed by atoms with Crippen molar-refractivity contribution < 1.29 is 22.7 Å². The van der Waals surface area contributed by atoms with E-state index >= 15 is 0 Å². The number of rotatable bonds is 2. The van der Waals surface area contributed by atoms with Crippen molar-refractivity contribution in [3.8, 4) is 11.8 Å². The third kappa shape index (κ3) is 3.46. The van der Waals surface area contributed by atoms with E-state index in [4.69, 9.17) is 5.26 Å². The molecule has 0 unspecified atom stereocenters. The molecule has 1 rings (SSSR count). The zero-order valence-electron chi connectivity index (χ0n) is 8.43. The highest BCUT2D eigenvalue weighted by atomic mass is 79.9. The maximum Gasteiger partial charge on any atom is 0.573 e. The van der Waals surface area contributed by atoms with Crippen LogP contribution in [-0.4, -0.2) is 12.1 Å². The van der Waals surface area contributed by atoms with Gasteiger partial charge >= 0.3 is 6.36 Å². The Morgan fingerprint density at radius 1 is 1.47 bits per heavy atom. The van der Waals surface area contributed by atoms with Gasteiger partial charge in [-0.15, -0.1) is 13.2 Å². The van der Waals surface area contributed by atoms with Crippen molar-refractivity contribution in [3.05, 3.63) is 27.7 Å². The van der Waals surface area contributed by atoms with Gasteiger partial charge in [-0.25, -0.2) is 0 Å². The summed E-state index contributed by atoms with van der Waals surface area (Å²) in [5.74, 6) is -0.974. The van der Waals surface area contributed by atoms with Gasteiger partial charge in [0.05, 0.1) is 5.56 Å². The third-order valence-electron chi connectivity index (χ3n) is 1.77. The van der Waals surface area contributed by atoms with Gasteiger partial charge in [0.25, 0.3) is 0 Å². The molecule has 0 aliphatic rings. The van der Waals surface area contributed by atoms with Gasteiger partial charge < -0.3 is 4.74 Å². The zero-order valence-corrected chi connectivity index (χ0v) is 10.0. The summed E-state index contributed by atoms with van der Waals surface area (Å²) >= 11 is 2.93. The van der Waals surface area contributed by atoms with E-state index < -0.39 is 17.9 Å². The number of carbonyl (C=O) groups is 1. The van der Waals surface area contributed by atoms with Crippen LogP contribution in [0.2, 0.25) is 0 Å². The standard InChI is InChI=1S/C10H5BrF3NO2/c1-5(16)9-6(4-15)2-7(3-8(9)11)17-10(12,13)14/h2-3H,1H3. The Morgan fingerprint density at radius 3 is 2.47 bits per heavy atom. The van der Waals surface area contributed by atoms with Gasteiger partial charge in [-0.2, -0.15) is 5.26 Å². The Labute approximate surface area is 103 Å². The Kier molecular flexibility index (Phi) is 3.78. The molecular formula is C10H5BrF3NO2. The van der Waals surface area contributed by atoms with Crippen LogP contribution in [0.15, 0.2) is 16.6 Å². The lowest BCUT2D eigenvalue weighted by atomic mass is 10.1. The van der Waals surface area contributed by atoms with Gasteiger partial charge in [0.15, 0.2) is 5.78 Å². The molecule has 0 aromatic heterocycles. The van der Waals surface area contributed by atoms with Crippen LogP contribution in [0, 0.1) is 11.3 Å². The van der Waals surface area contributed by atoms with Crippen LogP contribution in [0.25, 0.3) is 0 Å². The van der Waals surface area contributed by atoms with Crippen molar-refractivity contribution in [1.82, 2.24) is 0 Å². The summed E-state index contributed by atoms with van der Waals surface area (Å²) in [6.07, 6.45) is -4.84. The highest BCUT2D eigenvalue weighted by molar-refractivity contribution is 9.10. The minimum absolute atomic E-state index is 0.0297. The predicted molar refractivity (Wildman–Crippen MR) is 55.5 cm³/mol. The summed E-state index contributed by atoms with van der Waals surface area (Å²) in [5, 5.41) is 8.75. The number of nitriles is 1. The topological polar surface area (TPSA) is 50.1 Å².